The number of nitrogens with one attached hydrogen (secondary N) is 1. The average molecular weight is 392 g/mol. The molecular formula is C20H22ClNO5. The van der Waals surface area contributed by atoms with Gasteiger partial charge in [-0.2, -0.15) is 0 Å². The number of esters is 1. The predicted molar refractivity (Wildman–Crippen MR) is 103 cm³/mol. The van der Waals surface area contributed by atoms with Crippen molar-refractivity contribution in [1.82, 2.24) is 0 Å². The van der Waals surface area contributed by atoms with Gasteiger partial charge in [-0.05, 0) is 50.2 Å². The van der Waals surface area contributed by atoms with Crippen LogP contribution in [0, 0.1) is 0 Å². The van der Waals surface area contributed by atoms with E-state index >= 15 is 0 Å². The van der Waals surface area contributed by atoms with E-state index < -0.39 is 12.1 Å². The van der Waals surface area contributed by atoms with E-state index in [2.05, 4.69) is 5.32 Å². The van der Waals surface area contributed by atoms with E-state index in [0.717, 1.165) is 0 Å². The van der Waals surface area contributed by atoms with Gasteiger partial charge in [0.25, 0.3) is 5.91 Å². The van der Waals surface area contributed by atoms with Crippen molar-refractivity contribution in [2.75, 3.05) is 25.1 Å². The molecule has 1 atom stereocenters. The lowest BCUT2D eigenvalue weighted by Crippen LogP contribution is -2.27. The Morgan fingerprint density at radius 2 is 1.78 bits per heavy atom. The molecule has 0 saturated heterocycles. The zero-order valence-electron chi connectivity index (χ0n) is 15.2. The largest absolute Gasteiger partial charge is 0.479 e. The van der Waals surface area contributed by atoms with Gasteiger partial charge in [-0.25, -0.2) is 4.79 Å². The average Bonchev–Trinajstić information content (AvgIpc) is 2.67. The zero-order valence-corrected chi connectivity index (χ0v) is 16.0. The monoisotopic (exact) mass is 391 g/mol. The van der Waals surface area contributed by atoms with Crippen LogP contribution in [-0.2, 0) is 14.3 Å². The van der Waals surface area contributed by atoms with Crippen molar-refractivity contribution in [1.29, 1.82) is 0 Å². The molecule has 1 amide bonds. The van der Waals surface area contributed by atoms with E-state index in [1.165, 1.54) is 0 Å². The molecule has 0 aliphatic rings. The van der Waals surface area contributed by atoms with Gasteiger partial charge in [0, 0.05) is 12.2 Å². The Bertz CT molecular complexity index is 763. The highest BCUT2D eigenvalue weighted by Gasteiger charge is 2.16. The van der Waals surface area contributed by atoms with Crippen molar-refractivity contribution in [3.63, 3.8) is 0 Å². The highest BCUT2D eigenvalue weighted by atomic mass is 35.5. The quantitative estimate of drug-likeness (QED) is 0.517. The fraction of sp³-hybridized carbons (Fsp3) is 0.300. The molecule has 0 aliphatic carbocycles. The Morgan fingerprint density at radius 1 is 1.07 bits per heavy atom. The predicted octanol–water partition coefficient (Wildman–Crippen LogP) is 3.94. The van der Waals surface area contributed by atoms with Crippen LogP contribution in [0.25, 0.3) is 0 Å². The van der Waals surface area contributed by atoms with Crippen LogP contribution in [0.5, 0.6) is 5.75 Å². The van der Waals surface area contributed by atoms with Crippen molar-refractivity contribution in [2.24, 2.45) is 0 Å². The van der Waals surface area contributed by atoms with Crippen LogP contribution in [0.15, 0.2) is 48.5 Å². The lowest BCUT2D eigenvalue weighted by molar-refractivity contribution is -0.152. The second kappa shape index (κ2) is 10.5. The molecule has 0 fully saturated rings. The van der Waals surface area contributed by atoms with Gasteiger partial charge >= 0.3 is 5.97 Å². The number of amides is 1. The first kappa shape index (κ1) is 20.7. The number of para-hydroxylation sites is 1. The van der Waals surface area contributed by atoms with E-state index in [0.29, 0.717) is 35.2 Å². The van der Waals surface area contributed by atoms with Gasteiger partial charge in [0.1, 0.15) is 12.4 Å². The summed E-state index contributed by atoms with van der Waals surface area (Å²) in [6, 6.07) is 13.4. The maximum atomic E-state index is 12.3. The number of ether oxygens (including phenoxy) is 3. The Labute approximate surface area is 163 Å². The van der Waals surface area contributed by atoms with E-state index in [1.807, 2.05) is 6.92 Å². The number of anilines is 1. The number of hydrogen-bond acceptors (Lipinski definition) is 5. The first-order valence-corrected chi connectivity index (χ1v) is 8.96. The van der Waals surface area contributed by atoms with Crippen LogP contribution < -0.4 is 10.1 Å². The number of carbonyl (C=O) groups excluding carboxylic acids is 2. The second-order valence-electron chi connectivity index (χ2n) is 5.58. The van der Waals surface area contributed by atoms with Crippen molar-refractivity contribution in [2.45, 2.75) is 20.0 Å². The molecule has 0 aromatic heterocycles. The molecule has 7 heteroatoms. The molecule has 144 valence electrons. The summed E-state index contributed by atoms with van der Waals surface area (Å²) in [5.74, 6) is -0.313. The van der Waals surface area contributed by atoms with E-state index in [-0.39, 0.29) is 12.5 Å². The van der Waals surface area contributed by atoms with Crippen LogP contribution in [0.1, 0.15) is 24.2 Å². The van der Waals surface area contributed by atoms with Crippen LogP contribution >= 0.6 is 11.6 Å². The molecule has 1 N–H and O–H groups in total. The lowest BCUT2D eigenvalue weighted by atomic mass is 10.2. The third-order valence-electron chi connectivity index (χ3n) is 3.56. The van der Waals surface area contributed by atoms with Crippen molar-refractivity contribution in [3.8, 4) is 5.75 Å². The van der Waals surface area contributed by atoms with Gasteiger partial charge in [-0.15, -0.1) is 0 Å². The fourth-order valence-corrected chi connectivity index (χ4v) is 2.34. The molecule has 0 spiro atoms. The molecule has 0 aliphatic heterocycles. The minimum absolute atomic E-state index is 0.182. The fourth-order valence-electron chi connectivity index (χ4n) is 2.16. The summed E-state index contributed by atoms with van der Waals surface area (Å²) in [4.78, 5) is 24.1. The maximum absolute atomic E-state index is 12.3. The van der Waals surface area contributed by atoms with E-state index in [1.54, 1.807) is 55.5 Å². The van der Waals surface area contributed by atoms with Crippen molar-refractivity contribution in [3.05, 3.63) is 59.1 Å². The van der Waals surface area contributed by atoms with Gasteiger partial charge in [0.2, 0.25) is 0 Å². The molecule has 2 rings (SSSR count). The highest BCUT2D eigenvalue weighted by Crippen LogP contribution is 2.22. The molecule has 0 heterocycles. The summed E-state index contributed by atoms with van der Waals surface area (Å²) < 4.78 is 15.7. The number of halogens is 1. The van der Waals surface area contributed by atoms with Crippen LogP contribution in [0.2, 0.25) is 5.02 Å². The van der Waals surface area contributed by atoms with Gasteiger partial charge in [-0.1, -0.05) is 23.7 Å². The Balaban J connectivity index is 1.88. The number of carbonyl (C=O) groups is 2. The highest BCUT2D eigenvalue weighted by molar-refractivity contribution is 6.33. The third kappa shape index (κ3) is 6.58. The van der Waals surface area contributed by atoms with Crippen molar-refractivity contribution < 1.29 is 23.8 Å². The smallest absolute Gasteiger partial charge is 0.347 e. The molecule has 0 unspecified atom stereocenters. The summed E-state index contributed by atoms with van der Waals surface area (Å²) in [7, 11) is 0. The third-order valence-corrected chi connectivity index (χ3v) is 3.89. The zero-order chi connectivity index (χ0) is 19.6. The van der Waals surface area contributed by atoms with Gasteiger partial charge in [0.15, 0.2) is 6.10 Å². The van der Waals surface area contributed by atoms with Crippen molar-refractivity contribution >= 4 is 29.2 Å². The maximum Gasteiger partial charge on any atom is 0.347 e. The Hall–Kier alpha value is -2.57. The second-order valence-corrected chi connectivity index (χ2v) is 5.99. The van der Waals surface area contributed by atoms with Crippen LogP contribution in [0.3, 0.4) is 0 Å². The minimum atomic E-state index is -0.769. The first-order valence-electron chi connectivity index (χ1n) is 8.58. The number of hydrogen-bond donors (Lipinski definition) is 1. The molecule has 6 nitrogen and oxygen atoms in total. The van der Waals surface area contributed by atoms with Gasteiger partial charge in [0.05, 0.1) is 17.3 Å². The Morgan fingerprint density at radius 3 is 2.44 bits per heavy atom. The standard InChI is InChI=1S/C20H22ClNO5/c1-3-25-12-13-26-20(24)14(2)27-16-10-8-15(9-11-16)19(23)22-18-7-5-4-6-17(18)21/h4-11,14H,3,12-13H2,1-2H3,(H,22,23)/t14-/m0/s1. The SMILES string of the molecule is CCOCCOC(=O)[C@H](C)Oc1ccc(C(=O)Nc2ccccc2Cl)cc1. The lowest BCUT2D eigenvalue weighted by Gasteiger charge is -2.14. The molecule has 0 radical (unpaired) electrons. The van der Waals surface area contributed by atoms with E-state index in [9.17, 15) is 9.59 Å². The van der Waals surface area contributed by atoms with Gasteiger partial charge in [-0.3, -0.25) is 4.79 Å². The summed E-state index contributed by atoms with van der Waals surface area (Å²) >= 11 is 6.04. The molecule has 27 heavy (non-hydrogen) atoms. The first-order chi connectivity index (χ1) is 13.0. The van der Waals surface area contributed by atoms with Crippen LogP contribution in [0.4, 0.5) is 5.69 Å². The summed E-state index contributed by atoms with van der Waals surface area (Å²) in [5, 5.41) is 3.20. The molecule has 2 aromatic carbocycles. The number of rotatable bonds is 9. The van der Waals surface area contributed by atoms with Gasteiger partial charge < -0.3 is 19.5 Å². The topological polar surface area (TPSA) is 73.9 Å². The molecule has 0 saturated carbocycles. The summed E-state index contributed by atoms with van der Waals surface area (Å²) in [6.45, 7) is 4.57. The molecule has 0 bridgehead atoms. The number of benzene rings is 2. The molecular weight excluding hydrogens is 370 g/mol. The molecule has 2 aromatic rings. The minimum Gasteiger partial charge on any atom is -0.479 e. The Kier molecular flexibility index (Phi) is 8.10. The summed E-state index contributed by atoms with van der Waals surface area (Å²) in [6.07, 6.45) is -0.769. The normalized spacial score (nSPS) is 11.5. The van der Waals surface area contributed by atoms with E-state index in [4.69, 9.17) is 25.8 Å². The van der Waals surface area contributed by atoms with Crippen LogP contribution in [-0.4, -0.2) is 37.8 Å². The summed E-state index contributed by atoms with van der Waals surface area (Å²) in [5.41, 5.74) is 0.974.